The number of amides is 2. The third-order valence-corrected chi connectivity index (χ3v) is 5.93. The molecular formula is C25H29N3O4. The predicted molar refractivity (Wildman–Crippen MR) is 123 cm³/mol. The van der Waals surface area contributed by atoms with Gasteiger partial charge in [0.1, 0.15) is 11.4 Å². The quantitative estimate of drug-likeness (QED) is 0.675. The van der Waals surface area contributed by atoms with Crippen LogP contribution in [0.1, 0.15) is 16.7 Å². The van der Waals surface area contributed by atoms with Crippen LogP contribution in [0.5, 0.6) is 5.75 Å². The number of nitrogens with one attached hydrogen (secondary N) is 1. The van der Waals surface area contributed by atoms with Crippen LogP contribution in [0.3, 0.4) is 0 Å². The normalized spacial score (nSPS) is 17.3. The summed E-state index contributed by atoms with van der Waals surface area (Å²) in [6, 6.07) is 13.3. The first-order chi connectivity index (χ1) is 15.5. The number of para-hydroxylation sites is 2. The summed E-state index contributed by atoms with van der Waals surface area (Å²) in [6.45, 7) is 7.90. The average Bonchev–Trinajstić information content (AvgIpc) is 3.02. The molecule has 0 spiro atoms. The molecule has 2 aliphatic heterocycles. The molecule has 2 amide bonds. The Hall–Kier alpha value is -3.16. The van der Waals surface area contributed by atoms with E-state index in [0.717, 1.165) is 29.8 Å². The van der Waals surface area contributed by atoms with E-state index in [1.54, 1.807) is 7.11 Å². The molecule has 0 aliphatic carbocycles. The van der Waals surface area contributed by atoms with E-state index in [2.05, 4.69) is 10.2 Å². The highest BCUT2D eigenvalue weighted by Gasteiger charge is 2.40. The molecule has 0 aromatic heterocycles. The fraction of sp³-hybridized carbons (Fsp3) is 0.360. The molecule has 1 saturated heterocycles. The van der Waals surface area contributed by atoms with Crippen molar-refractivity contribution in [3.8, 4) is 5.75 Å². The molecule has 0 atom stereocenters. The van der Waals surface area contributed by atoms with Gasteiger partial charge in [0.2, 0.25) is 0 Å². The molecule has 2 aromatic carbocycles. The maximum absolute atomic E-state index is 13.5. The van der Waals surface area contributed by atoms with Crippen molar-refractivity contribution < 1.29 is 19.1 Å². The molecular weight excluding hydrogens is 406 g/mol. The fourth-order valence-corrected chi connectivity index (χ4v) is 4.19. The first-order valence-electron chi connectivity index (χ1n) is 10.9. The number of imide groups is 1. The van der Waals surface area contributed by atoms with Crippen LogP contribution in [0.15, 0.2) is 48.2 Å². The number of benzene rings is 2. The second kappa shape index (κ2) is 9.54. The summed E-state index contributed by atoms with van der Waals surface area (Å²) in [7, 11) is 1.58. The van der Waals surface area contributed by atoms with E-state index in [1.165, 1.54) is 4.90 Å². The summed E-state index contributed by atoms with van der Waals surface area (Å²) < 4.78 is 10.8. The van der Waals surface area contributed by atoms with Gasteiger partial charge in [0, 0.05) is 26.2 Å². The zero-order chi connectivity index (χ0) is 22.7. The van der Waals surface area contributed by atoms with E-state index < -0.39 is 0 Å². The van der Waals surface area contributed by atoms with Crippen molar-refractivity contribution in [1.82, 2.24) is 9.80 Å². The summed E-state index contributed by atoms with van der Waals surface area (Å²) in [6.07, 6.45) is 0. The summed E-state index contributed by atoms with van der Waals surface area (Å²) in [5.74, 6) is 0.0174. The standard InChI is InChI=1S/C25H29N3O4/c1-17-8-9-19(18(2)16-17)22-23(26-20-6-4-5-7-21(20)31-3)25(30)28(24(22)29)11-10-27-12-14-32-15-13-27/h4-9,16,26H,10-15H2,1-3H3. The number of ether oxygens (including phenoxy) is 2. The molecule has 168 valence electrons. The smallest absolute Gasteiger partial charge is 0.278 e. The Bertz CT molecular complexity index is 1060. The minimum absolute atomic E-state index is 0.271. The molecule has 7 heteroatoms. The molecule has 0 radical (unpaired) electrons. The Morgan fingerprint density at radius 3 is 2.47 bits per heavy atom. The SMILES string of the molecule is COc1ccccc1NC1=C(c2ccc(C)cc2C)C(=O)N(CCN2CCOCC2)C1=O. The number of nitrogens with zero attached hydrogens (tertiary/aromatic N) is 2. The Morgan fingerprint density at radius 1 is 1.00 bits per heavy atom. The second-order valence-corrected chi connectivity index (χ2v) is 8.11. The molecule has 2 heterocycles. The van der Waals surface area contributed by atoms with Gasteiger partial charge in [-0.3, -0.25) is 19.4 Å². The molecule has 32 heavy (non-hydrogen) atoms. The van der Waals surface area contributed by atoms with Gasteiger partial charge in [-0.15, -0.1) is 0 Å². The number of rotatable bonds is 7. The number of carbonyl (C=O) groups excluding carboxylic acids is 2. The largest absolute Gasteiger partial charge is 0.495 e. The Kier molecular flexibility index (Phi) is 6.58. The molecule has 2 aromatic rings. The highest BCUT2D eigenvalue weighted by Crippen LogP contribution is 2.34. The third-order valence-electron chi connectivity index (χ3n) is 5.93. The molecule has 0 saturated carbocycles. The van der Waals surface area contributed by atoms with Crippen molar-refractivity contribution in [2.75, 3.05) is 51.8 Å². The lowest BCUT2D eigenvalue weighted by Crippen LogP contribution is -2.43. The van der Waals surface area contributed by atoms with Crippen molar-refractivity contribution >= 4 is 23.1 Å². The first kappa shape index (κ1) is 22.0. The highest BCUT2D eigenvalue weighted by molar-refractivity contribution is 6.36. The zero-order valence-corrected chi connectivity index (χ0v) is 18.8. The van der Waals surface area contributed by atoms with E-state index in [1.807, 2.05) is 56.3 Å². The van der Waals surface area contributed by atoms with Crippen LogP contribution >= 0.6 is 0 Å². The van der Waals surface area contributed by atoms with Crippen LogP contribution in [-0.4, -0.2) is 68.1 Å². The maximum atomic E-state index is 13.5. The Morgan fingerprint density at radius 2 is 1.75 bits per heavy atom. The fourth-order valence-electron chi connectivity index (χ4n) is 4.19. The van der Waals surface area contributed by atoms with E-state index in [9.17, 15) is 9.59 Å². The number of morpholine rings is 1. The van der Waals surface area contributed by atoms with Crippen molar-refractivity contribution in [3.63, 3.8) is 0 Å². The first-order valence-corrected chi connectivity index (χ1v) is 10.9. The average molecular weight is 436 g/mol. The van der Waals surface area contributed by atoms with E-state index in [0.29, 0.717) is 43.3 Å². The van der Waals surface area contributed by atoms with Gasteiger partial charge in [0.15, 0.2) is 0 Å². The van der Waals surface area contributed by atoms with Crippen molar-refractivity contribution in [2.45, 2.75) is 13.8 Å². The Labute approximate surface area is 188 Å². The number of carbonyl (C=O) groups is 2. The van der Waals surface area contributed by atoms with Gasteiger partial charge >= 0.3 is 0 Å². The second-order valence-electron chi connectivity index (χ2n) is 8.11. The van der Waals surface area contributed by atoms with E-state index >= 15 is 0 Å². The molecule has 2 aliphatic rings. The van der Waals surface area contributed by atoms with Crippen LogP contribution in [0.2, 0.25) is 0 Å². The number of anilines is 1. The summed E-state index contributed by atoms with van der Waals surface area (Å²) in [5.41, 5.74) is 4.15. The molecule has 4 rings (SSSR count). The van der Waals surface area contributed by atoms with Gasteiger partial charge in [-0.05, 0) is 37.1 Å². The lowest BCUT2D eigenvalue weighted by Gasteiger charge is -2.28. The molecule has 1 N–H and O–H groups in total. The number of methoxy groups -OCH3 is 1. The molecule has 0 bridgehead atoms. The van der Waals surface area contributed by atoms with Gasteiger partial charge in [0.05, 0.1) is 31.6 Å². The number of aryl methyl sites for hydroxylation is 2. The molecule has 0 unspecified atom stereocenters. The van der Waals surface area contributed by atoms with Crippen LogP contribution < -0.4 is 10.1 Å². The van der Waals surface area contributed by atoms with E-state index in [4.69, 9.17) is 9.47 Å². The van der Waals surface area contributed by atoms with Crippen molar-refractivity contribution in [3.05, 3.63) is 64.9 Å². The van der Waals surface area contributed by atoms with Crippen LogP contribution in [0, 0.1) is 13.8 Å². The van der Waals surface area contributed by atoms with Crippen LogP contribution in [0.4, 0.5) is 5.69 Å². The zero-order valence-electron chi connectivity index (χ0n) is 18.8. The lowest BCUT2D eigenvalue weighted by molar-refractivity contribution is -0.137. The lowest BCUT2D eigenvalue weighted by atomic mass is 9.97. The third kappa shape index (κ3) is 4.40. The van der Waals surface area contributed by atoms with Gasteiger partial charge in [-0.2, -0.15) is 0 Å². The van der Waals surface area contributed by atoms with Gasteiger partial charge in [-0.1, -0.05) is 35.9 Å². The molecule has 1 fully saturated rings. The minimum Gasteiger partial charge on any atom is -0.495 e. The highest BCUT2D eigenvalue weighted by atomic mass is 16.5. The number of hydrogen-bond acceptors (Lipinski definition) is 6. The van der Waals surface area contributed by atoms with Gasteiger partial charge in [0.25, 0.3) is 11.8 Å². The summed E-state index contributed by atoms with van der Waals surface area (Å²) in [4.78, 5) is 30.5. The summed E-state index contributed by atoms with van der Waals surface area (Å²) >= 11 is 0. The molecule has 7 nitrogen and oxygen atoms in total. The van der Waals surface area contributed by atoms with E-state index in [-0.39, 0.29) is 17.5 Å². The topological polar surface area (TPSA) is 71.1 Å². The van der Waals surface area contributed by atoms with Crippen molar-refractivity contribution in [2.24, 2.45) is 0 Å². The summed E-state index contributed by atoms with van der Waals surface area (Å²) in [5, 5.41) is 3.21. The predicted octanol–water partition coefficient (Wildman–Crippen LogP) is 2.84. The van der Waals surface area contributed by atoms with Crippen molar-refractivity contribution in [1.29, 1.82) is 0 Å². The number of hydrogen-bond donors (Lipinski definition) is 1. The van der Waals surface area contributed by atoms with Gasteiger partial charge in [-0.25, -0.2) is 0 Å². The minimum atomic E-state index is -0.316. The van der Waals surface area contributed by atoms with Crippen LogP contribution in [-0.2, 0) is 14.3 Å². The van der Waals surface area contributed by atoms with Gasteiger partial charge < -0.3 is 14.8 Å². The maximum Gasteiger partial charge on any atom is 0.278 e. The monoisotopic (exact) mass is 435 g/mol. The Balaban J connectivity index is 1.68. The van der Waals surface area contributed by atoms with Crippen LogP contribution in [0.25, 0.3) is 5.57 Å².